The minimum atomic E-state index is -1.24. The zero-order chi connectivity index (χ0) is 16.9. The van der Waals surface area contributed by atoms with E-state index in [1.807, 2.05) is 0 Å². The number of aliphatic carboxylic acids is 1. The zero-order valence-electron chi connectivity index (χ0n) is 12.4. The first-order valence-electron chi connectivity index (χ1n) is 6.54. The van der Waals surface area contributed by atoms with Crippen molar-refractivity contribution in [2.75, 3.05) is 13.2 Å². The maximum absolute atomic E-state index is 11.4. The molecule has 0 aromatic rings. The van der Waals surface area contributed by atoms with E-state index >= 15 is 0 Å². The van der Waals surface area contributed by atoms with Crippen LogP contribution in [0.15, 0.2) is 0 Å². The van der Waals surface area contributed by atoms with E-state index in [2.05, 4.69) is 0 Å². The highest BCUT2D eigenvalue weighted by molar-refractivity contribution is 5.72. The van der Waals surface area contributed by atoms with Crippen LogP contribution in [0.25, 0.3) is 0 Å². The van der Waals surface area contributed by atoms with Gasteiger partial charge in [-0.05, 0) is 0 Å². The largest absolute Gasteiger partial charge is 0.481 e. The van der Waals surface area contributed by atoms with Crippen LogP contribution in [0.1, 0.15) is 20.8 Å². The Morgan fingerprint density at radius 3 is 2.14 bits per heavy atom. The van der Waals surface area contributed by atoms with E-state index in [1.54, 1.807) is 0 Å². The van der Waals surface area contributed by atoms with Gasteiger partial charge in [0.25, 0.3) is 0 Å². The van der Waals surface area contributed by atoms with Crippen molar-refractivity contribution in [2.45, 2.75) is 33.2 Å². The van der Waals surface area contributed by atoms with E-state index < -0.39 is 54.7 Å². The van der Waals surface area contributed by atoms with Gasteiger partial charge in [0, 0.05) is 26.7 Å². The summed E-state index contributed by atoms with van der Waals surface area (Å²) in [6.45, 7) is 2.92. The van der Waals surface area contributed by atoms with E-state index in [4.69, 9.17) is 18.9 Å². The zero-order valence-corrected chi connectivity index (χ0v) is 12.4. The minimum Gasteiger partial charge on any atom is -0.481 e. The number of carbonyl (C=O) groups is 4. The molecule has 124 valence electrons. The maximum atomic E-state index is 11.4. The molecule has 0 aromatic carbocycles. The van der Waals surface area contributed by atoms with Crippen molar-refractivity contribution in [2.24, 2.45) is 11.8 Å². The number of carbonyl (C=O) groups excluding carboxylic acids is 3. The molecule has 0 spiro atoms. The summed E-state index contributed by atoms with van der Waals surface area (Å²) in [7, 11) is 0. The van der Waals surface area contributed by atoms with Crippen LogP contribution in [-0.2, 0) is 38.1 Å². The monoisotopic (exact) mass is 318 g/mol. The van der Waals surface area contributed by atoms with Crippen LogP contribution in [0.2, 0.25) is 0 Å². The highest BCUT2D eigenvalue weighted by atomic mass is 16.7. The SMILES string of the molecule is CC(=O)OC[C@H](C(=O)O)[C@@H]1CO[C@@H](OC(C)=O)[C@@H]1OC(C)=O. The number of carboxylic acid groups (broad SMARTS) is 1. The average Bonchev–Trinajstić information content (AvgIpc) is 2.71. The second-order valence-electron chi connectivity index (χ2n) is 4.80. The summed E-state index contributed by atoms with van der Waals surface area (Å²) in [5, 5.41) is 9.27. The number of carboxylic acids is 1. The molecule has 1 aliphatic heterocycles. The predicted molar refractivity (Wildman–Crippen MR) is 68.3 cm³/mol. The molecule has 9 heteroatoms. The molecule has 1 aliphatic rings. The van der Waals surface area contributed by atoms with Crippen LogP contribution >= 0.6 is 0 Å². The van der Waals surface area contributed by atoms with Crippen molar-refractivity contribution in [1.29, 1.82) is 0 Å². The summed E-state index contributed by atoms with van der Waals surface area (Å²) in [4.78, 5) is 44.4. The second-order valence-corrected chi connectivity index (χ2v) is 4.80. The van der Waals surface area contributed by atoms with Gasteiger partial charge in [-0.3, -0.25) is 19.2 Å². The topological polar surface area (TPSA) is 125 Å². The van der Waals surface area contributed by atoms with Crippen molar-refractivity contribution in [3.05, 3.63) is 0 Å². The highest BCUT2D eigenvalue weighted by Crippen LogP contribution is 2.31. The molecule has 22 heavy (non-hydrogen) atoms. The van der Waals surface area contributed by atoms with E-state index in [9.17, 15) is 24.3 Å². The van der Waals surface area contributed by atoms with Gasteiger partial charge in [0.1, 0.15) is 6.61 Å². The van der Waals surface area contributed by atoms with Gasteiger partial charge < -0.3 is 24.1 Å². The lowest BCUT2D eigenvalue weighted by molar-refractivity contribution is -0.191. The van der Waals surface area contributed by atoms with Gasteiger partial charge in [0.05, 0.1) is 12.5 Å². The van der Waals surface area contributed by atoms with Crippen LogP contribution in [-0.4, -0.2) is 54.6 Å². The lowest BCUT2D eigenvalue weighted by atomic mass is 9.89. The first-order valence-corrected chi connectivity index (χ1v) is 6.54. The molecule has 1 N–H and O–H groups in total. The third kappa shape index (κ3) is 4.99. The van der Waals surface area contributed by atoms with Crippen LogP contribution in [0.3, 0.4) is 0 Å². The first-order chi connectivity index (χ1) is 10.2. The van der Waals surface area contributed by atoms with Crippen LogP contribution in [0, 0.1) is 11.8 Å². The van der Waals surface area contributed by atoms with Crippen molar-refractivity contribution >= 4 is 23.9 Å². The molecule has 0 unspecified atom stereocenters. The molecule has 0 amide bonds. The Balaban J connectivity index is 2.91. The fourth-order valence-corrected chi connectivity index (χ4v) is 2.13. The van der Waals surface area contributed by atoms with Crippen molar-refractivity contribution in [1.82, 2.24) is 0 Å². The summed E-state index contributed by atoms with van der Waals surface area (Å²) < 4.78 is 19.8. The Labute approximate surface area is 126 Å². The van der Waals surface area contributed by atoms with Gasteiger partial charge in [-0.15, -0.1) is 0 Å². The average molecular weight is 318 g/mol. The van der Waals surface area contributed by atoms with Gasteiger partial charge in [0.15, 0.2) is 6.10 Å². The number of esters is 3. The number of hydrogen-bond acceptors (Lipinski definition) is 8. The molecular formula is C13H18O9. The Morgan fingerprint density at radius 1 is 1.09 bits per heavy atom. The molecule has 9 nitrogen and oxygen atoms in total. The maximum Gasteiger partial charge on any atom is 0.310 e. The molecule has 0 bridgehead atoms. The highest BCUT2D eigenvalue weighted by Gasteiger charge is 2.48. The van der Waals surface area contributed by atoms with Crippen LogP contribution < -0.4 is 0 Å². The van der Waals surface area contributed by atoms with Gasteiger partial charge in [-0.25, -0.2) is 0 Å². The fraction of sp³-hybridized carbons (Fsp3) is 0.692. The van der Waals surface area contributed by atoms with Gasteiger partial charge in [-0.2, -0.15) is 0 Å². The summed E-state index contributed by atoms with van der Waals surface area (Å²) in [5.74, 6) is -5.18. The van der Waals surface area contributed by atoms with E-state index in [0.29, 0.717) is 0 Å². The molecule has 4 atom stereocenters. The van der Waals surface area contributed by atoms with E-state index in [1.165, 1.54) is 0 Å². The number of rotatable bonds is 6. The fourth-order valence-electron chi connectivity index (χ4n) is 2.13. The third-order valence-electron chi connectivity index (χ3n) is 3.03. The second kappa shape index (κ2) is 7.74. The first kappa shape index (κ1) is 17.9. The van der Waals surface area contributed by atoms with Gasteiger partial charge >= 0.3 is 23.9 Å². The molecule has 0 aliphatic carbocycles. The summed E-state index contributed by atoms with van der Waals surface area (Å²) in [6, 6.07) is 0. The summed E-state index contributed by atoms with van der Waals surface area (Å²) >= 11 is 0. The van der Waals surface area contributed by atoms with Crippen LogP contribution in [0.4, 0.5) is 0 Å². The Bertz CT molecular complexity index is 458. The van der Waals surface area contributed by atoms with Crippen molar-refractivity contribution in [3.63, 3.8) is 0 Å². The summed E-state index contributed by atoms with van der Waals surface area (Å²) in [6.07, 6.45) is -2.27. The standard InChI is InChI=1S/C13H18O9/c1-6(14)19-5-10(12(17)18)9-4-20-13(22-8(3)16)11(9)21-7(2)15/h9-11,13H,4-5H2,1-3H3,(H,17,18)/t9-,10-,11+,13-/m0/s1. The molecule has 1 heterocycles. The third-order valence-corrected chi connectivity index (χ3v) is 3.03. The number of hydrogen-bond donors (Lipinski definition) is 1. The molecule has 0 radical (unpaired) electrons. The van der Waals surface area contributed by atoms with E-state index in [0.717, 1.165) is 20.8 Å². The van der Waals surface area contributed by atoms with Crippen molar-refractivity contribution in [3.8, 4) is 0 Å². The molecule has 1 saturated heterocycles. The Hall–Kier alpha value is -2.16. The van der Waals surface area contributed by atoms with Gasteiger partial charge in [0.2, 0.25) is 6.29 Å². The van der Waals surface area contributed by atoms with Crippen molar-refractivity contribution < 1.29 is 43.2 Å². The van der Waals surface area contributed by atoms with E-state index in [-0.39, 0.29) is 6.61 Å². The van der Waals surface area contributed by atoms with Crippen LogP contribution in [0.5, 0.6) is 0 Å². The molecular weight excluding hydrogens is 300 g/mol. The Morgan fingerprint density at radius 2 is 1.68 bits per heavy atom. The van der Waals surface area contributed by atoms with Gasteiger partial charge in [-0.1, -0.05) is 0 Å². The minimum absolute atomic E-state index is 0.117. The lowest BCUT2D eigenvalue weighted by Crippen LogP contribution is -2.41. The lowest BCUT2D eigenvalue weighted by Gasteiger charge is -2.25. The predicted octanol–water partition coefficient (Wildman–Crippen LogP) is -0.282. The Kier molecular flexibility index (Phi) is 6.29. The molecule has 0 aromatic heterocycles. The number of ether oxygens (including phenoxy) is 4. The summed E-state index contributed by atoms with van der Waals surface area (Å²) in [5.41, 5.74) is 0. The normalized spacial score (nSPS) is 25.1. The molecule has 0 saturated carbocycles. The molecule has 1 rings (SSSR count). The molecule has 1 fully saturated rings. The quantitative estimate of drug-likeness (QED) is 0.519. The smallest absolute Gasteiger partial charge is 0.310 e.